The largest absolute Gasteiger partial charge is 0.487 e. The standard InChI is InChI=1S/C27H23ClF5N5O3/c1-38-9-7-22(19(30)13-38)41-21-5-2-14(10-16(21)27(31,32)33)36-26(39)37-20-4-3-15(11-18(20)29)40-23-6-8-34-25-24(23)17(28)12-35-25/h2-6,8,10-12,19,22H,7,9,13H2,1H3,(H,34,35)(H2,36,37,39). The van der Waals surface area contributed by atoms with Crippen molar-refractivity contribution in [3.63, 3.8) is 0 Å². The van der Waals surface area contributed by atoms with E-state index in [2.05, 4.69) is 20.6 Å². The number of H-pyrrole nitrogens is 1. The van der Waals surface area contributed by atoms with E-state index in [-0.39, 0.29) is 30.1 Å². The Labute approximate surface area is 235 Å². The van der Waals surface area contributed by atoms with Crippen LogP contribution in [0.4, 0.5) is 38.1 Å². The average molecular weight is 596 g/mol. The number of alkyl halides is 4. The highest BCUT2D eigenvalue weighted by atomic mass is 35.5. The molecule has 2 unspecified atom stereocenters. The van der Waals surface area contributed by atoms with E-state index in [0.717, 1.165) is 12.1 Å². The number of ether oxygens (including phenoxy) is 2. The molecule has 0 saturated carbocycles. The van der Waals surface area contributed by atoms with Crippen LogP contribution in [0.25, 0.3) is 11.0 Å². The minimum Gasteiger partial charge on any atom is -0.487 e. The van der Waals surface area contributed by atoms with Crippen LogP contribution in [-0.4, -0.2) is 53.3 Å². The lowest BCUT2D eigenvalue weighted by molar-refractivity contribution is -0.139. The van der Waals surface area contributed by atoms with Gasteiger partial charge < -0.3 is 30.0 Å². The van der Waals surface area contributed by atoms with Crippen molar-refractivity contribution in [3.8, 4) is 17.2 Å². The number of nitrogens with one attached hydrogen (secondary N) is 3. The van der Waals surface area contributed by atoms with E-state index in [9.17, 15) is 26.7 Å². The lowest BCUT2D eigenvalue weighted by atomic mass is 10.1. The van der Waals surface area contributed by atoms with Gasteiger partial charge in [-0.3, -0.25) is 0 Å². The third-order valence-corrected chi connectivity index (χ3v) is 6.71. The number of piperidine rings is 1. The first kappa shape index (κ1) is 28.4. The number of rotatable bonds is 6. The van der Waals surface area contributed by atoms with Gasteiger partial charge in [-0.15, -0.1) is 0 Å². The maximum atomic E-state index is 14.8. The fourth-order valence-corrected chi connectivity index (χ4v) is 4.65. The van der Waals surface area contributed by atoms with Gasteiger partial charge >= 0.3 is 12.2 Å². The molecule has 3 heterocycles. The number of carbonyl (C=O) groups is 1. The molecule has 4 aromatic rings. The molecule has 41 heavy (non-hydrogen) atoms. The number of anilines is 2. The predicted octanol–water partition coefficient (Wildman–Crippen LogP) is 7.23. The molecule has 1 fully saturated rings. The van der Waals surface area contributed by atoms with Crippen LogP contribution in [0.15, 0.2) is 54.9 Å². The number of likely N-dealkylation sites (tertiary alicyclic amines) is 1. The first-order valence-electron chi connectivity index (χ1n) is 12.4. The summed E-state index contributed by atoms with van der Waals surface area (Å²) in [6, 6.07) is 7.07. The molecular formula is C27H23ClF5N5O3. The summed E-state index contributed by atoms with van der Waals surface area (Å²) in [6.45, 7) is 0.523. The highest BCUT2D eigenvalue weighted by Crippen LogP contribution is 2.39. The van der Waals surface area contributed by atoms with Crippen molar-refractivity contribution in [3.05, 3.63) is 71.3 Å². The molecule has 1 aliphatic rings. The number of nitrogens with zero attached hydrogens (tertiary/aromatic N) is 2. The van der Waals surface area contributed by atoms with Crippen LogP contribution in [0.2, 0.25) is 5.02 Å². The Kier molecular flexibility index (Phi) is 7.91. The van der Waals surface area contributed by atoms with Gasteiger partial charge in [0, 0.05) is 37.2 Å². The number of hydrogen-bond acceptors (Lipinski definition) is 5. The molecule has 2 amide bonds. The van der Waals surface area contributed by atoms with Gasteiger partial charge in [-0.05, 0) is 49.9 Å². The van der Waals surface area contributed by atoms with Gasteiger partial charge in [0.25, 0.3) is 0 Å². The maximum Gasteiger partial charge on any atom is 0.420 e. The molecule has 0 aliphatic carbocycles. The number of urea groups is 1. The summed E-state index contributed by atoms with van der Waals surface area (Å²) in [5.74, 6) is -0.981. The molecule has 2 aromatic carbocycles. The summed E-state index contributed by atoms with van der Waals surface area (Å²) in [5.41, 5.74) is -1.18. The summed E-state index contributed by atoms with van der Waals surface area (Å²) < 4.78 is 81.6. The molecule has 1 aliphatic heterocycles. The van der Waals surface area contributed by atoms with Gasteiger partial charge in [0.2, 0.25) is 0 Å². The highest BCUT2D eigenvalue weighted by molar-refractivity contribution is 6.36. The molecule has 3 N–H and O–H groups in total. The average Bonchev–Trinajstić information content (AvgIpc) is 3.29. The van der Waals surface area contributed by atoms with Gasteiger partial charge in [0.05, 0.1) is 21.7 Å². The number of hydrogen-bond donors (Lipinski definition) is 3. The van der Waals surface area contributed by atoms with Crippen molar-refractivity contribution >= 4 is 40.0 Å². The molecule has 2 aromatic heterocycles. The van der Waals surface area contributed by atoms with E-state index >= 15 is 0 Å². The lowest BCUT2D eigenvalue weighted by Crippen LogP contribution is -2.45. The smallest absolute Gasteiger partial charge is 0.420 e. The van der Waals surface area contributed by atoms with Gasteiger partial charge in [0.15, 0.2) is 0 Å². The summed E-state index contributed by atoms with van der Waals surface area (Å²) >= 11 is 6.16. The molecular weight excluding hydrogens is 573 g/mol. The third-order valence-electron chi connectivity index (χ3n) is 6.41. The Morgan fingerprint density at radius 3 is 2.68 bits per heavy atom. The molecule has 216 valence electrons. The molecule has 0 bridgehead atoms. The fourth-order valence-electron chi connectivity index (χ4n) is 4.41. The third kappa shape index (κ3) is 6.46. The van der Waals surface area contributed by atoms with Gasteiger partial charge in [0.1, 0.15) is 41.0 Å². The Morgan fingerprint density at radius 2 is 1.95 bits per heavy atom. The van der Waals surface area contributed by atoms with Crippen LogP contribution in [0.5, 0.6) is 17.2 Å². The van der Waals surface area contributed by atoms with Crippen LogP contribution in [0.3, 0.4) is 0 Å². The molecule has 0 spiro atoms. The Morgan fingerprint density at radius 1 is 1.15 bits per heavy atom. The monoisotopic (exact) mass is 595 g/mol. The zero-order chi connectivity index (χ0) is 29.3. The Hall–Kier alpha value is -4.10. The van der Waals surface area contributed by atoms with Crippen LogP contribution in [-0.2, 0) is 6.18 Å². The number of carbonyl (C=O) groups excluding carboxylic acids is 1. The van der Waals surface area contributed by atoms with E-state index in [1.807, 2.05) is 0 Å². The summed E-state index contributed by atoms with van der Waals surface area (Å²) in [4.78, 5) is 21.2. The number of amides is 2. The zero-order valence-electron chi connectivity index (χ0n) is 21.4. The van der Waals surface area contributed by atoms with E-state index in [1.165, 1.54) is 30.6 Å². The van der Waals surface area contributed by atoms with E-state index in [1.54, 1.807) is 18.0 Å². The number of halogens is 6. The topological polar surface area (TPSA) is 91.5 Å². The van der Waals surface area contributed by atoms with Gasteiger partial charge in [-0.2, -0.15) is 13.2 Å². The second kappa shape index (κ2) is 11.4. The first-order valence-corrected chi connectivity index (χ1v) is 12.7. The van der Waals surface area contributed by atoms with Crippen LogP contribution in [0, 0.1) is 5.82 Å². The Balaban J connectivity index is 1.27. The van der Waals surface area contributed by atoms with E-state index < -0.39 is 41.6 Å². The van der Waals surface area contributed by atoms with Crippen LogP contribution >= 0.6 is 11.6 Å². The SMILES string of the molecule is CN1CCC(Oc2ccc(NC(=O)Nc3ccc(Oc4ccnc5[nH]cc(Cl)c45)cc3F)cc2C(F)(F)F)C(F)C1. The van der Waals surface area contributed by atoms with Crippen LogP contribution in [0.1, 0.15) is 12.0 Å². The van der Waals surface area contributed by atoms with Crippen molar-refractivity contribution in [2.24, 2.45) is 0 Å². The molecule has 8 nitrogen and oxygen atoms in total. The molecule has 2 atom stereocenters. The molecule has 14 heteroatoms. The highest BCUT2D eigenvalue weighted by Gasteiger charge is 2.37. The zero-order valence-corrected chi connectivity index (χ0v) is 22.1. The number of fused-ring (bicyclic) bond motifs is 1. The summed E-state index contributed by atoms with van der Waals surface area (Å²) in [6.07, 6.45) is -4.09. The van der Waals surface area contributed by atoms with Crippen molar-refractivity contribution in [1.82, 2.24) is 14.9 Å². The first-order chi connectivity index (χ1) is 19.5. The van der Waals surface area contributed by atoms with E-state index in [0.29, 0.717) is 34.4 Å². The Bertz CT molecular complexity index is 1580. The van der Waals surface area contributed by atoms with Crippen molar-refractivity contribution in [2.45, 2.75) is 24.9 Å². The van der Waals surface area contributed by atoms with Crippen molar-refractivity contribution < 1.29 is 36.2 Å². The minimum atomic E-state index is -4.84. The normalized spacial score (nSPS) is 17.8. The van der Waals surface area contributed by atoms with Crippen molar-refractivity contribution in [1.29, 1.82) is 0 Å². The van der Waals surface area contributed by atoms with Crippen molar-refractivity contribution in [2.75, 3.05) is 30.8 Å². The molecule has 5 rings (SSSR count). The molecule has 1 saturated heterocycles. The summed E-state index contributed by atoms with van der Waals surface area (Å²) in [7, 11) is 1.71. The second-order valence-corrected chi connectivity index (χ2v) is 9.83. The number of benzene rings is 2. The minimum absolute atomic E-state index is 0.0460. The van der Waals surface area contributed by atoms with E-state index in [4.69, 9.17) is 21.1 Å². The predicted molar refractivity (Wildman–Crippen MR) is 143 cm³/mol. The molecule has 0 radical (unpaired) electrons. The fraction of sp³-hybridized carbons (Fsp3) is 0.259. The van der Waals surface area contributed by atoms with Gasteiger partial charge in [-0.25, -0.2) is 18.6 Å². The summed E-state index contributed by atoms with van der Waals surface area (Å²) in [5, 5.41) is 5.36. The lowest BCUT2D eigenvalue weighted by Gasteiger charge is -2.33. The number of aromatic nitrogens is 2. The van der Waals surface area contributed by atoms with Crippen LogP contribution < -0.4 is 20.1 Å². The number of aromatic amines is 1. The second-order valence-electron chi connectivity index (χ2n) is 9.42. The number of pyridine rings is 1. The maximum absolute atomic E-state index is 14.8. The van der Waals surface area contributed by atoms with Gasteiger partial charge in [-0.1, -0.05) is 11.6 Å². The quantitative estimate of drug-likeness (QED) is 0.205.